The molecule has 1 atom stereocenters. The number of benzene rings is 2. The van der Waals surface area contributed by atoms with Crippen LogP contribution in [0.2, 0.25) is 5.02 Å². The number of carbonyl (C=O) groups is 2. The molecule has 0 spiro atoms. The van der Waals surface area contributed by atoms with Crippen molar-refractivity contribution < 1.29 is 18.0 Å². The van der Waals surface area contributed by atoms with Gasteiger partial charge < -0.3 is 10.2 Å². The largest absolute Gasteiger partial charge is 0.357 e. The summed E-state index contributed by atoms with van der Waals surface area (Å²) in [6, 6.07) is 13.3. The van der Waals surface area contributed by atoms with E-state index in [2.05, 4.69) is 5.32 Å². The molecule has 0 aliphatic carbocycles. The summed E-state index contributed by atoms with van der Waals surface area (Å²) in [5.41, 5.74) is 1.92. The molecule has 2 amide bonds. The Hall–Kier alpha value is -2.58. The maximum Gasteiger partial charge on any atom is 0.244 e. The Bertz CT molecular complexity index is 1030. The summed E-state index contributed by atoms with van der Waals surface area (Å²) in [7, 11) is -2.27. The summed E-state index contributed by atoms with van der Waals surface area (Å²) >= 11 is 6.18. The molecule has 0 fully saturated rings. The van der Waals surface area contributed by atoms with Gasteiger partial charge in [0.2, 0.25) is 21.8 Å². The highest BCUT2D eigenvalue weighted by molar-refractivity contribution is 7.92. The van der Waals surface area contributed by atoms with Gasteiger partial charge in [0.15, 0.2) is 0 Å². The zero-order valence-corrected chi connectivity index (χ0v) is 19.7. The van der Waals surface area contributed by atoms with Gasteiger partial charge in [0, 0.05) is 18.6 Å². The molecule has 0 heterocycles. The monoisotopic (exact) mass is 465 g/mol. The van der Waals surface area contributed by atoms with Gasteiger partial charge in [-0.15, -0.1) is 0 Å². The van der Waals surface area contributed by atoms with E-state index in [0.717, 1.165) is 21.7 Å². The van der Waals surface area contributed by atoms with Crippen molar-refractivity contribution >= 4 is 39.1 Å². The summed E-state index contributed by atoms with van der Waals surface area (Å²) in [5.74, 6) is -0.794. The van der Waals surface area contributed by atoms with E-state index < -0.39 is 28.5 Å². The lowest BCUT2D eigenvalue weighted by Crippen LogP contribution is -2.51. The molecular formula is C22H28ClN3O4S. The first kappa shape index (κ1) is 24.7. The van der Waals surface area contributed by atoms with E-state index in [-0.39, 0.29) is 12.5 Å². The Morgan fingerprint density at radius 2 is 1.77 bits per heavy atom. The summed E-state index contributed by atoms with van der Waals surface area (Å²) in [4.78, 5) is 27.2. The number of carbonyl (C=O) groups excluding carboxylic acids is 2. The number of hydrogen-bond acceptors (Lipinski definition) is 4. The maximum atomic E-state index is 13.4. The molecule has 9 heteroatoms. The van der Waals surface area contributed by atoms with E-state index >= 15 is 0 Å². The predicted octanol–water partition coefficient (Wildman–Crippen LogP) is 2.97. The first-order valence-corrected chi connectivity index (χ1v) is 12.1. The van der Waals surface area contributed by atoms with Crippen LogP contribution in [-0.2, 0) is 26.2 Å². The minimum atomic E-state index is -3.78. The zero-order valence-electron chi connectivity index (χ0n) is 18.1. The number of aryl methyl sites for hydroxylation is 1. The van der Waals surface area contributed by atoms with Gasteiger partial charge in [-0.25, -0.2) is 8.42 Å². The molecule has 0 aliphatic rings. The number of anilines is 1. The molecule has 7 nitrogen and oxygen atoms in total. The van der Waals surface area contributed by atoms with Crippen molar-refractivity contribution in [3.63, 3.8) is 0 Å². The lowest BCUT2D eigenvalue weighted by molar-refractivity contribution is -0.140. The fraction of sp³-hybridized carbons (Fsp3) is 0.364. The maximum absolute atomic E-state index is 13.4. The van der Waals surface area contributed by atoms with Gasteiger partial charge in [-0.3, -0.25) is 13.9 Å². The molecule has 0 bridgehead atoms. The van der Waals surface area contributed by atoms with Gasteiger partial charge in [0.1, 0.15) is 12.6 Å². The Morgan fingerprint density at radius 3 is 2.29 bits per heavy atom. The Kier molecular flexibility index (Phi) is 8.47. The predicted molar refractivity (Wildman–Crippen MR) is 124 cm³/mol. The van der Waals surface area contributed by atoms with E-state index in [1.807, 2.05) is 30.3 Å². The second-order valence-corrected chi connectivity index (χ2v) is 9.56. The van der Waals surface area contributed by atoms with Crippen LogP contribution < -0.4 is 9.62 Å². The molecule has 2 rings (SSSR count). The van der Waals surface area contributed by atoms with Crippen LogP contribution >= 0.6 is 11.6 Å². The van der Waals surface area contributed by atoms with Crippen LogP contribution in [0.1, 0.15) is 24.5 Å². The van der Waals surface area contributed by atoms with Gasteiger partial charge in [-0.2, -0.15) is 0 Å². The minimum Gasteiger partial charge on any atom is -0.357 e. The second kappa shape index (κ2) is 10.6. The summed E-state index contributed by atoms with van der Waals surface area (Å²) in [5, 5.41) is 2.98. The SMILES string of the molecule is CC[C@@H](C(=O)NC)N(Cc1ccccc1)C(=O)CN(c1ccc(C)c(Cl)c1)S(C)(=O)=O. The summed E-state index contributed by atoms with van der Waals surface area (Å²) in [6.45, 7) is 3.34. The average Bonchev–Trinajstić information content (AvgIpc) is 2.73. The number of sulfonamides is 1. The molecule has 0 aromatic heterocycles. The highest BCUT2D eigenvalue weighted by Crippen LogP contribution is 2.25. The standard InChI is InChI=1S/C22H28ClN3O4S/c1-5-20(22(28)24-3)25(14-17-9-7-6-8-10-17)21(27)15-26(31(4,29)30)18-12-11-16(2)19(23)13-18/h6-13,20H,5,14-15H2,1-4H3,(H,24,28)/t20-/m0/s1. The van der Waals surface area contributed by atoms with Gasteiger partial charge in [-0.05, 0) is 36.6 Å². The molecule has 0 saturated heterocycles. The van der Waals surface area contributed by atoms with Crippen molar-refractivity contribution in [3.05, 3.63) is 64.7 Å². The van der Waals surface area contributed by atoms with Crippen molar-refractivity contribution in [2.45, 2.75) is 32.9 Å². The number of likely N-dealkylation sites (N-methyl/N-ethyl adjacent to an activating group) is 1. The van der Waals surface area contributed by atoms with Crippen molar-refractivity contribution in [3.8, 4) is 0 Å². The van der Waals surface area contributed by atoms with Crippen molar-refractivity contribution in [2.75, 3.05) is 24.2 Å². The second-order valence-electron chi connectivity index (χ2n) is 7.25. The Labute approximate surface area is 189 Å². The molecule has 0 radical (unpaired) electrons. The quantitative estimate of drug-likeness (QED) is 0.616. The molecule has 0 unspecified atom stereocenters. The average molecular weight is 466 g/mol. The van der Waals surface area contributed by atoms with E-state index in [4.69, 9.17) is 11.6 Å². The molecule has 0 saturated carbocycles. The van der Waals surface area contributed by atoms with E-state index in [9.17, 15) is 18.0 Å². The topological polar surface area (TPSA) is 86.8 Å². The van der Waals surface area contributed by atoms with Crippen molar-refractivity contribution in [1.29, 1.82) is 0 Å². The Balaban J connectivity index is 2.42. The molecule has 1 N–H and O–H groups in total. The summed E-state index contributed by atoms with van der Waals surface area (Å²) in [6.07, 6.45) is 1.42. The van der Waals surface area contributed by atoms with E-state index in [1.165, 1.54) is 18.0 Å². The fourth-order valence-corrected chi connectivity index (χ4v) is 4.23. The smallest absolute Gasteiger partial charge is 0.244 e. The van der Waals surface area contributed by atoms with Crippen molar-refractivity contribution in [2.24, 2.45) is 0 Å². The summed E-state index contributed by atoms with van der Waals surface area (Å²) < 4.78 is 26.0. The number of rotatable bonds is 9. The Morgan fingerprint density at radius 1 is 1.13 bits per heavy atom. The van der Waals surface area contributed by atoms with Crippen LogP contribution in [0, 0.1) is 6.92 Å². The van der Waals surface area contributed by atoms with Gasteiger partial charge in [-0.1, -0.05) is 54.9 Å². The first-order valence-electron chi connectivity index (χ1n) is 9.87. The number of amides is 2. The lowest BCUT2D eigenvalue weighted by atomic mass is 10.1. The molecule has 2 aromatic carbocycles. The normalized spacial score (nSPS) is 12.2. The van der Waals surface area contributed by atoms with Crippen LogP contribution in [0.25, 0.3) is 0 Å². The van der Waals surface area contributed by atoms with E-state index in [0.29, 0.717) is 17.1 Å². The lowest BCUT2D eigenvalue weighted by Gasteiger charge is -2.32. The van der Waals surface area contributed by atoms with Crippen molar-refractivity contribution in [1.82, 2.24) is 10.2 Å². The molecular weight excluding hydrogens is 438 g/mol. The van der Waals surface area contributed by atoms with Crippen LogP contribution in [0.4, 0.5) is 5.69 Å². The molecule has 0 aliphatic heterocycles. The third-order valence-electron chi connectivity index (χ3n) is 4.95. The van der Waals surface area contributed by atoms with Gasteiger partial charge in [0.05, 0.1) is 11.9 Å². The van der Waals surface area contributed by atoms with Crippen LogP contribution in [0.15, 0.2) is 48.5 Å². The zero-order chi connectivity index (χ0) is 23.2. The third-order valence-corrected chi connectivity index (χ3v) is 6.50. The highest BCUT2D eigenvalue weighted by Gasteiger charge is 2.31. The van der Waals surface area contributed by atoms with Crippen LogP contribution in [0.5, 0.6) is 0 Å². The molecule has 2 aromatic rings. The number of nitrogens with one attached hydrogen (secondary N) is 1. The number of hydrogen-bond donors (Lipinski definition) is 1. The third kappa shape index (κ3) is 6.45. The molecule has 168 valence electrons. The van der Waals surface area contributed by atoms with Crippen LogP contribution in [0.3, 0.4) is 0 Å². The highest BCUT2D eigenvalue weighted by atomic mass is 35.5. The van der Waals surface area contributed by atoms with Gasteiger partial charge >= 0.3 is 0 Å². The fourth-order valence-electron chi connectivity index (χ4n) is 3.22. The minimum absolute atomic E-state index is 0.178. The van der Waals surface area contributed by atoms with Crippen LogP contribution in [-0.4, -0.2) is 51.0 Å². The first-order chi connectivity index (χ1) is 14.6. The number of halogens is 1. The molecule has 31 heavy (non-hydrogen) atoms. The van der Waals surface area contributed by atoms with E-state index in [1.54, 1.807) is 26.0 Å². The van der Waals surface area contributed by atoms with Gasteiger partial charge in [0.25, 0.3) is 0 Å². The number of nitrogens with zero attached hydrogens (tertiary/aromatic N) is 2.